The number of carbonyl (C=O) groups is 2. The molecule has 0 aromatic heterocycles. The van der Waals surface area contributed by atoms with E-state index in [2.05, 4.69) is 54.9 Å². The molecule has 2 aromatic rings. The van der Waals surface area contributed by atoms with Crippen molar-refractivity contribution in [2.45, 2.75) is 76.4 Å². The summed E-state index contributed by atoms with van der Waals surface area (Å²) in [5, 5.41) is 9.38. The second kappa shape index (κ2) is 12.0. The Balaban J connectivity index is 1.47. The molecule has 0 radical (unpaired) electrons. The van der Waals surface area contributed by atoms with Crippen molar-refractivity contribution in [3.63, 3.8) is 0 Å². The first-order valence-corrected chi connectivity index (χ1v) is 15.0. The molecule has 1 fully saturated rings. The van der Waals surface area contributed by atoms with Gasteiger partial charge in [0, 0.05) is 19.1 Å². The first-order valence-electron chi connectivity index (χ1n) is 13.6. The zero-order chi connectivity index (χ0) is 27.4. The number of hydrogen-bond donors (Lipinski definition) is 3. The molecule has 38 heavy (non-hydrogen) atoms. The van der Waals surface area contributed by atoms with Crippen molar-refractivity contribution in [1.82, 2.24) is 20.3 Å². The summed E-state index contributed by atoms with van der Waals surface area (Å²) >= 11 is 0. The van der Waals surface area contributed by atoms with E-state index in [1.54, 1.807) is 24.3 Å². The summed E-state index contributed by atoms with van der Waals surface area (Å²) in [7, 11) is -3.92. The topological polar surface area (TPSA) is 108 Å². The van der Waals surface area contributed by atoms with Crippen LogP contribution in [0.5, 0.6) is 0 Å². The van der Waals surface area contributed by atoms with Crippen molar-refractivity contribution in [3.05, 3.63) is 64.7 Å². The lowest BCUT2D eigenvalue weighted by atomic mass is 9.85. The predicted molar refractivity (Wildman–Crippen MR) is 148 cm³/mol. The molecule has 3 atom stereocenters. The molecule has 9 heteroatoms. The molecular weight excluding hydrogens is 500 g/mol. The Hall–Kier alpha value is -2.75. The van der Waals surface area contributed by atoms with Gasteiger partial charge in [-0.2, -0.15) is 4.31 Å². The van der Waals surface area contributed by atoms with Crippen LogP contribution in [0.3, 0.4) is 0 Å². The van der Waals surface area contributed by atoms with E-state index in [9.17, 15) is 18.0 Å². The molecule has 0 bridgehead atoms. The molecule has 2 aromatic carbocycles. The first kappa shape index (κ1) is 28.3. The third-order valence-corrected chi connectivity index (χ3v) is 9.36. The van der Waals surface area contributed by atoms with Crippen LogP contribution in [0.25, 0.3) is 0 Å². The van der Waals surface area contributed by atoms with Crippen molar-refractivity contribution < 1.29 is 18.0 Å². The van der Waals surface area contributed by atoms with Gasteiger partial charge in [0.15, 0.2) is 0 Å². The maximum absolute atomic E-state index is 13.4. The van der Waals surface area contributed by atoms with Crippen LogP contribution in [0.1, 0.15) is 74.4 Å². The molecule has 3 N–H and O–H groups in total. The Morgan fingerprint density at radius 2 is 1.87 bits per heavy atom. The minimum absolute atomic E-state index is 0.123. The largest absolute Gasteiger partial charge is 0.353 e. The quantitative estimate of drug-likeness (QED) is 0.452. The standard InChI is InChI=1S/C29H40N4O4S/c1-19(2)18-31-21(4)22-10-13-25-23(16-22)6-5-7-26(25)32-28(34)17-27-29(35)30-14-15-33(27)38(36,37)24-11-8-20(3)9-12-24/h8-13,16,19,21,26-27,31H,5-7,14-15,17-18H2,1-4H3,(H,30,35)(H,32,34)/t21-,26-,27-/m1/s1. The fraction of sp³-hybridized carbons (Fsp3) is 0.517. The van der Waals surface area contributed by atoms with Crippen LogP contribution in [-0.2, 0) is 26.0 Å². The summed E-state index contributed by atoms with van der Waals surface area (Å²) in [4.78, 5) is 26.1. The van der Waals surface area contributed by atoms with E-state index in [1.807, 2.05) is 6.92 Å². The zero-order valence-electron chi connectivity index (χ0n) is 22.8. The molecule has 2 amide bonds. The van der Waals surface area contributed by atoms with E-state index < -0.39 is 22.0 Å². The molecule has 0 spiro atoms. The molecular formula is C29H40N4O4S. The normalized spacial score (nSPS) is 21.0. The van der Waals surface area contributed by atoms with Crippen LogP contribution < -0.4 is 16.0 Å². The van der Waals surface area contributed by atoms with E-state index in [-0.39, 0.29) is 42.4 Å². The SMILES string of the molecule is Cc1ccc(S(=O)(=O)N2CCNC(=O)[C@H]2CC(=O)N[C@@H]2CCCc3cc([C@@H](C)NCC(C)C)ccc32)cc1. The van der Waals surface area contributed by atoms with Gasteiger partial charge in [0.1, 0.15) is 6.04 Å². The highest BCUT2D eigenvalue weighted by Crippen LogP contribution is 2.32. The van der Waals surface area contributed by atoms with Gasteiger partial charge in [0.05, 0.1) is 17.4 Å². The van der Waals surface area contributed by atoms with Crippen molar-refractivity contribution in [2.24, 2.45) is 5.92 Å². The predicted octanol–water partition coefficient (Wildman–Crippen LogP) is 3.37. The molecule has 2 aliphatic rings. The van der Waals surface area contributed by atoms with Gasteiger partial charge in [-0.25, -0.2) is 8.42 Å². The monoisotopic (exact) mass is 540 g/mol. The molecule has 0 unspecified atom stereocenters. The number of hydrogen-bond acceptors (Lipinski definition) is 5. The summed E-state index contributed by atoms with van der Waals surface area (Å²) in [6.07, 6.45) is 2.49. The number of benzene rings is 2. The Bertz CT molecular complexity index is 1260. The highest BCUT2D eigenvalue weighted by Gasteiger charge is 2.40. The third kappa shape index (κ3) is 6.45. The molecule has 1 saturated heterocycles. The summed E-state index contributed by atoms with van der Waals surface area (Å²) in [5.74, 6) is -0.201. The van der Waals surface area contributed by atoms with Gasteiger partial charge in [0.2, 0.25) is 21.8 Å². The highest BCUT2D eigenvalue weighted by molar-refractivity contribution is 7.89. The minimum atomic E-state index is -3.92. The number of nitrogens with zero attached hydrogens (tertiary/aromatic N) is 1. The van der Waals surface area contributed by atoms with Gasteiger partial charge < -0.3 is 16.0 Å². The maximum Gasteiger partial charge on any atom is 0.243 e. The summed E-state index contributed by atoms with van der Waals surface area (Å²) in [6.45, 7) is 9.71. The number of piperazine rings is 1. The number of amides is 2. The highest BCUT2D eigenvalue weighted by atomic mass is 32.2. The number of fused-ring (bicyclic) bond motifs is 1. The zero-order valence-corrected chi connectivity index (χ0v) is 23.6. The maximum atomic E-state index is 13.4. The van der Waals surface area contributed by atoms with E-state index in [4.69, 9.17) is 0 Å². The molecule has 1 heterocycles. The number of sulfonamides is 1. The number of nitrogens with one attached hydrogen (secondary N) is 3. The average Bonchev–Trinajstić information content (AvgIpc) is 2.88. The lowest BCUT2D eigenvalue weighted by Crippen LogP contribution is -2.58. The summed E-state index contributed by atoms with van der Waals surface area (Å²) in [5.41, 5.74) is 4.50. The minimum Gasteiger partial charge on any atom is -0.353 e. The smallest absolute Gasteiger partial charge is 0.243 e. The molecule has 206 valence electrons. The van der Waals surface area contributed by atoms with E-state index in [0.29, 0.717) is 5.92 Å². The second-order valence-electron chi connectivity index (χ2n) is 10.9. The van der Waals surface area contributed by atoms with Crippen LogP contribution >= 0.6 is 0 Å². The van der Waals surface area contributed by atoms with Crippen LogP contribution in [0.15, 0.2) is 47.4 Å². The van der Waals surface area contributed by atoms with Crippen molar-refractivity contribution in [3.8, 4) is 0 Å². The fourth-order valence-corrected chi connectivity index (χ4v) is 6.82. The van der Waals surface area contributed by atoms with Gasteiger partial charge in [-0.1, -0.05) is 49.7 Å². The Labute approximate surface area is 226 Å². The lowest BCUT2D eigenvalue weighted by molar-refractivity contribution is -0.132. The van der Waals surface area contributed by atoms with Gasteiger partial charge in [-0.3, -0.25) is 9.59 Å². The number of carbonyl (C=O) groups excluding carboxylic acids is 2. The Kier molecular flexibility index (Phi) is 8.90. The van der Waals surface area contributed by atoms with Gasteiger partial charge in [0.25, 0.3) is 0 Å². The van der Waals surface area contributed by atoms with Crippen molar-refractivity contribution in [2.75, 3.05) is 19.6 Å². The lowest BCUT2D eigenvalue weighted by Gasteiger charge is -2.34. The van der Waals surface area contributed by atoms with E-state index >= 15 is 0 Å². The average molecular weight is 541 g/mol. The van der Waals surface area contributed by atoms with Gasteiger partial charge in [-0.05, 0) is 74.4 Å². The Morgan fingerprint density at radius 1 is 1.13 bits per heavy atom. The van der Waals surface area contributed by atoms with Crippen LogP contribution in [0.4, 0.5) is 0 Å². The molecule has 4 rings (SSSR count). The van der Waals surface area contributed by atoms with E-state index in [0.717, 1.165) is 36.9 Å². The molecule has 1 aliphatic heterocycles. The molecule has 0 saturated carbocycles. The number of aryl methyl sites for hydroxylation is 2. The van der Waals surface area contributed by atoms with Gasteiger partial charge in [-0.15, -0.1) is 0 Å². The molecule has 8 nitrogen and oxygen atoms in total. The van der Waals surface area contributed by atoms with E-state index in [1.165, 1.54) is 15.4 Å². The van der Waals surface area contributed by atoms with Crippen LogP contribution in [0.2, 0.25) is 0 Å². The summed E-state index contributed by atoms with van der Waals surface area (Å²) < 4.78 is 27.9. The van der Waals surface area contributed by atoms with Crippen molar-refractivity contribution in [1.29, 1.82) is 0 Å². The summed E-state index contributed by atoms with van der Waals surface area (Å²) in [6, 6.07) is 12.0. The van der Waals surface area contributed by atoms with Crippen LogP contribution in [0, 0.1) is 12.8 Å². The second-order valence-corrected chi connectivity index (χ2v) is 12.8. The third-order valence-electron chi connectivity index (χ3n) is 7.44. The molecule has 1 aliphatic carbocycles. The van der Waals surface area contributed by atoms with Crippen molar-refractivity contribution >= 4 is 21.8 Å². The first-order chi connectivity index (χ1) is 18.1. The van der Waals surface area contributed by atoms with Gasteiger partial charge >= 0.3 is 0 Å². The Morgan fingerprint density at radius 3 is 2.58 bits per heavy atom. The van der Waals surface area contributed by atoms with Crippen LogP contribution in [-0.4, -0.2) is 50.2 Å². The fourth-order valence-electron chi connectivity index (χ4n) is 5.23. The number of rotatable bonds is 9.